The van der Waals surface area contributed by atoms with Gasteiger partial charge in [0.15, 0.2) is 11.5 Å². The first-order valence-corrected chi connectivity index (χ1v) is 9.37. The van der Waals surface area contributed by atoms with E-state index in [-0.39, 0.29) is 0 Å². The number of aromatic nitrogens is 7. The van der Waals surface area contributed by atoms with Crippen LogP contribution in [0.25, 0.3) is 28.1 Å². The zero-order chi connectivity index (χ0) is 19.2. The quantitative estimate of drug-likeness (QED) is 0.454. The van der Waals surface area contributed by atoms with Gasteiger partial charge in [0.1, 0.15) is 6.61 Å². The number of rotatable bonds is 5. The van der Waals surface area contributed by atoms with Gasteiger partial charge in [-0.25, -0.2) is 0 Å². The summed E-state index contributed by atoms with van der Waals surface area (Å²) in [4.78, 5) is 8.78. The summed E-state index contributed by atoms with van der Waals surface area (Å²) in [6.07, 6.45) is 3.92. The maximum atomic E-state index is 6.01. The lowest BCUT2D eigenvalue weighted by atomic mass is 10.2. The molecule has 0 aliphatic heterocycles. The molecule has 4 aromatic heterocycles. The molecule has 142 valence electrons. The summed E-state index contributed by atoms with van der Waals surface area (Å²) in [7, 11) is 0. The van der Waals surface area contributed by atoms with Gasteiger partial charge in [-0.05, 0) is 31.0 Å². The Hall–Kier alpha value is -3.88. The van der Waals surface area contributed by atoms with E-state index in [2.05, 4.69) is 30.4 Å². The fraction of sp³-hybridized carbons (Fsp3) is 0.200. The monoisotopic (exact) mass is 385 g/mol. The Morgan fingerprint density at radius 2 is 1.90 bits per heavy atom. The van der Waals surface area contributed by atoms with Crippen LogP contribution in [-0.2, 0) is 6.61 Å². The molecule has 9 heteroatoms. The van der Waals surface area contributed by atoms with Crippen molar-refractivity contribution in [1.29, 1.82) is 0 Å². The highest BCUT2D eigenvalue weighted by Gasteiger charge is 2.30. The lowest BCUT2D eigenvalue weighted by Gasteiger charge is -2.09. The highest BCUT2D eigenvalue weighted by atomic mass is 16.5. The van der Waals surface area contributed by atoms with E-state index in [0.29, 0.717) is 41.6 Å². The number of hydrogen-bond acceptors (Lipinski definition) is 8. The molecular formula is C20H15N7O2. The van der Waals surface area contributed by atoms with E-state index in [1.165, 1.54) is 0 Å². The van der Waals surface area contributed by atoms with Crippen LogP contribution in [0.5, 0.6) is 5.88 Å². The SMILES string of the molecule is c1ccc(COc2nn3c(-c4nc(C5CC5)no4)nnc3c3ccccc23)nc1. The largest absolute Gasteiger partial charge is 0.470 e. The number of benzene rings is 1. The maximum absolute atomic E-state index is 6.01. The molecule has 5 aromatic rings. The lowest BCUT2D eigenvalue weighted by Crippen LogP contribution is -2.04. The molecule has 0 atom stereocenters. The van der Waals surface area contributed by atoms with Crippen molar-refractivity contribution in [3.05, 3.63) is 60.2 Å². The van der Waals surface area contributed by atoms with Gasteiger partial charge in [-0.2, -0.15) is 9.50 Å². The molecule has 0 amide bonds. The Balaban J connectivity index is 1.47. The fourth-order valence-electron chi connectivity index (χ4n) is 3.25. The summed E-state index contributed by atoms with van der Waals surface area (Å²) in [6, 6.07) is 13.5. The molecule has 0 spiro atoms. The van der Waals surface area contributed by atoms with Crippen LogP contribution in [0.2, 0.25) is 0 Å². The third-order valence-corrected chi connectivity index (χ3v) is 4.89. The average Bonchev–Trinajstić information content (AvgIpc) is 3.35. The predicted molar refractivity (Wildman–Crippen MR) is 102 cm³/mol. The molecule has 4 heterocycles. The van der Waals surface area contributed by atoms with Crippen molar-refractivity contribution in [2.24, 2.45) is 0 Å². The maximum Gasteiger partial charge on any atom is 0.297 e. The van der Waals surface area contributed by atoms with Crippen LogP contribution >= 0.6 is 0 Å². The van der Waals surface area contributed by atoms with E-state index in [4.69, 9.17) is 9.26 Å². The molecule has 1 aliphatic rings. The molecule has 9 nitrogen and oxygen atoms in total. The number of nitrogens with zero attached hydrogens (tertiary/aromatic N) is 7. The second-order valence-corrected chi connectivity index (χ2v) is 6.95. The summed E-state index contributed by atoms with van der Waals surface area (Å²) < 4.78 is 13.0. The second kappa shape index (κ2) is 6.33. The minimum atomic E-state index is 0.299. The van der Waals surface area contributed by atoms with E-state index < -0.39 is 0 Å². The molecule has 1 fully saturated rings. The van der Waals surface area contributed by atoms with E-state index in [1.54, 1.807) is 10.7 Å². The van der Waals surface area contributed by atoms with Crippen molar-refractivity contribution >= 4 is 16.4 Å². The minimum absolute atomic E-state index is 0.299. The van der Waals surface area contributed by atoms with E-state index in [0.717, 1.165) is 29.3 Å². The third kappa shape index (κ3) is 2.78. The van der Waals surface area contributed by atoms with Gasteiger partial charge in [-0.1, -0.05) is 29.4 Å². The van der Waals surface area contributed by atoms with Crippen LogP contribution in [0.4, 0.5) is 0 Å². The van der Waals surface area contributed by atoms with Crippen LogP contribution < -0.4 is 4.74 Å². The molecule has 0 radical (unpaired) electrons. The van der Waals surface area contributed by atoms with Gasteiger partial charge in [0.05, 0.1) is 5.69 Å². The van der Waals surface area contributed by atoms with Crippen molar-refractivity contribution in [1.82, 2.24) is 34.9 Å². The van der Waals surface area contributed by atoms with E-state index in [1.807, 2.05) is 42.5 Å². The molecule has 0 bridgehead atoms. The highest BCUT2D eigenvalue weighted by Crippen LogP contribution is 2.39. The Labute approximate surface area is 164 Å². The zero-order valence-corrected chi connectivity index (χ0v) is 15.3. The van der Waals surface area contributed by atoms with Gasteiger partial charge in [-0.15, -0.1) is 15.3 Å². The van der Waals surface area contributed by atoms with Crippen molar-refractivity contribution in [3.63, 3.8) is 0 Å². The first-order chi connectivity index (χ1) is 14.4. The molecule has 1 aromatic carbocycles. The fourth-order valence-corrected chi connectivity index (χ4v) is 3.25. The van der Waals surface area contributed by atoms with Crippen molar-refractivity contribution in [3.8, 4) is 17.6 Å². The van der Waals surface area contributed by atoms with E-state index in [9.17, 15) is 0 Å². The molecular weight excluding hydrogens is 370 g/mol. The molecule has 0 N–H and O–H groups in total. The molecule has 0 saturated heterocycles. The molecule has 0 unspecified atom stereocenters. The lowest BCUT2D eigenvalue weighted by molar-refractivity contribution is 0.289. The molecule has 6 rings (SSSR count). The normalized spacial score (nSPS) is 13.9. The summed E-state index contributed by atoms with van der Waals surface area (Å²) in [5.41, 5.74) is 1.42. The van der Waals surface area contributed by atoms with Crippen molar-refractivity contribution in [2.45, 2.75) is 25.4 Å². The van der Waals surface area contributed by atoms with Gasteiger partial charge in [0.25, 0.3) is 5.89 Å². The number of ether oxygens (including phenoxy) is 1. The first kappa shape index (κ1) is 16.1. The predicted octanol–water partition coefficient (Wildman–Crippen LogP) is 3.18. The van der Waals surface area contributed by atoms with Gasteiger partial charge < -0.3 is 9.26 Å². The van der Waals surface area contributed by atoms with E-state index >= 15 is 0 Å². The smallest absolute Gasteiger partial charge is 0.297 e. The van der Waals surface area contributed by atoms with Gasteiger partial charge in [0, 0.05) is 22.9 Å². The van der Waals surface area contributed by atoms with Crippen LogP contribution in [0.1, 0.15) is 30.3 Å². The third-order valence-electron chi connectivity index (χ3n) is 4.89. The summed E-state index contributed by atoms with van der Waals surface area (Å²) in [5.74, 6) is 2.26. The average molecular weight is 385 g/mol. The topological polar surface area (TPSA) is 104 Å². The second-order valence-electron chi connectivity index (χ2n) is 6.95. The van der Waals surface area contributed by atoms with Crippen molar-refractivity contribution in [2.75, 3.05) is 0 Å². The summed E-state index contributed by atoms with van der Waals surface area (Å²) in [6.45, 7) is 0.299. The van der Waals surface area contributed by atoms with Gasteiger partial charge in [0.2, 0.25) is 11.7 Å². The Morgan fingerprint density at radius 1 is 1.03 bits per heavy atom. The molecule has 1 saturated carbocycles. The number of pyridine rings is 1. The summed E-state index contributed by atoms with van der Waals surface area (Å²) >= 11 is 0. The van der Waals surface area contributed by atoms with Crippen LogP contribution in [0.15, 0.2) is 53.2 Å². The Morgan fingerprint density at radius 3 is 2.72 bits per heavy atom. The standard InChI is InChI=1S/C20H15N7O2/c1-2-7-15-14(6-1)17-23-24-18(20-22-16(26-29-20)12-8-9-12)27(17)25-19(15)28-11-13-5-3-4-10-21-13/h1-7,10,12H,8-9,11H2. The summed E-state index contributed by atoms with van der Waals surface area (Å²) in [5, 5.41) is 19.0. The van der Waals surface area contributed by atoms with Crippen LogP contribution in [-0.4, -0.2) is 34.9 Å². The highest BCUT2D eigenvalue weighted by molar-refractivity contribution is 5.96. The molecule has 1 aliphatic carbocycles. The number of fused-ring (bicyclic) bond motifs is 3. The minimum Gasteiger partial charge on any atom is -0.470 e. The number of hydrogen-bond donors (Lipinski definition) is 0. The van der Waals surface area contributed by atoms with Crippen LogP contribution in [0, 0.1) is 0 Å². The first-order valence-electron chi connectivity index (χ1n) is 9.37. The Bertz CT molecular complexity index is 1320. The van der Waals surface area contributed by atoms with Gasteiger partial charge in [-0.3, -0.25) is 4.98 Å². The zero-order valence-electron chi connectivity index (χ0n) is 15.3. The molecule has 29 heavy (non-hydrogen) atoms. The van der Waals surface area contributed by atoms with Gasteiger partial charge >= 0.3 is 0 Å². The van der Waals surface area contributed by atoms with Crippen molar-refractivity contribution < 1.29 is 9.26 Å². The Kier molecular flexibility index (Phi) is 3.52. The van der Waals surface area contributed by atoms with Crippen LogP contribution in [0.3, 0.4) is 0 Å².